The number of nitrogens with zero attached hydrogens (tertiary/aromatic N) is 4. The second-order valence-electron chi connectivity index (χ2n) is 6.57. The average Bonchev–Trinajstić information content (AvgIpc) is 3.19. The Bertz CT molecular complexity index is 814. The molecule has 6 heteroatoms. The van der Waals surface area contributed by atoms with Crippen molar-refractivity contribution in [1.82, 2.24) is 19.8 Å². The molecule has 0 unspecified atom stereocenters. The van der Waals surface area contributed by atoms with Gasteiger partial charge in [-0.3, -0.25) is 9.69 Å². The van der Waals surface area contributed by atoms with Gasteiger partial charge in [-0.1, -0.05) is 25.0 Å². The molecule has 2 aliphatic rings. The maximum atomic E-state index is 12.7. The van der Waals surface area contributed by atoms with E-state index in [-0.39, 0.29) is 31.1 Å². The zero-order valence-electron chi connectivity index (χ0n) is 13.7. The number of urea groups is 1. The van der Waals surface area contributed by atoms with Crippen LogP contribution in [-0.4, -0.2) is 44.3 Å². The van der Waals surface area contributed by atoms with Crippen molar-refractivity contribution < 1.29 is 9.59 Å². The number of fused-ring (bicyclic) bond motifs is 1. The predicted molar refractivity (Wildman–Crippen MR) is 89.2 cm³/mol. The van der Waals surface area contributed by atoms with Crippen molar-refractivity contribution in [3.05, 3.63) is 35.7 Å². The van der Waals surface area contributed by atoms with Gasteiger partial charge in [-0.2, -0.15) is 0 Å². The number of imide groups is 1. The second-order valence-corrected chi connectivity index (χ2v) is 6.57. The summed E-state index contributed by atoms with van der Waals surface area (Å²) in [6.07, 6.45) is 4.28. The van der Waals surface area contributed by atoms with Gasteiger partial charge in [0.15, 0.2) is 0 Å². The van der Waals surface area contributed by atoms with E-state index in [1.807, 2.05) is 31.2 Å². The van der Waals surface area contributed by atoms with Gasteiger partial charge in [0.25, 0.3) is 5.91 Å². The van der Waals surface area contributed by atoms with Gasteiger partial charge in [-0.05, 0) is 31.9 Å². The fraction of sp³-hybridized carbons (Fsp3) is 0.444. The minimum Gasteiger partial charge on any atom is -0.312 e. The third kappa shape index (κ3) is 2.52. The summed E-state index contributed by atoms with van der Waals surface area (Å²) >= 11 is 0. The van der Waals surface area contributed by atoms with Crippen LogP contribution in [-0.2, 0) is 11.3 Å². The van der Waals surface area contributed by atoms with Crippen molar-refractivity contribution in [3.63, 3.8) is 0 Å². The summed E-state index contributed by atoms with van der Waals surface area (Å²) in [7, 11) is 0. The number of carbonyl (C=O) groups excluding carboxylic acids is 2. The van der Waals surface area contributed by atoms with Crippen LogP contribution in [0.4, 0.5) is 4.79 Å². The van der Waals surface area contributed by atoms with Crippen molar-refractivity contribution >= 4 is 23.0 Å². The molecule has 0 spiro atoms. The summed E-state index contributed by atoms with van der Waals surface area (Å²) in [4.78, 5) is 37.2. The molecule has 124 valence electrons. The van der Waals surface area contributed by atoms with Crippen LogP contribution in [0, 0.1) is 6.92 Å². The molecule has 2 fully saturated rings. The Hall–Kier alpha value is -2.50. The lowest BCUT2D eigenvalue weighted by atomic mass is 10.2. The monoisotopic (exact) mass is 324 g/mol. The first-order chi connectivity index (χ1) is 11.6. The van der Waals surface area contributed by atoms with Gasteiger partial charge in [-0.15, -0.1) is 0 Å². The number of benzene rings is 1. The fourth-order valence-electron chi connectivity index (χ4n) is 3.64. The molecular weight excluding hydrogens is 304 g/mol. The number of rotatable bonds is 3. The van der Waals surface area contributed by atoms with E-state index in [2.05, 4.69) is 9.97 Å². The maximum Gasteiger partial charge on any atom is 0.327 e. The Balaban J connectivity index is 1.59. The largest absolute Gasteiger partial charge is 0.327 e. The molecule has 0 atom stereocenters. The van der Waals surface area contributed by atoms with E-state index >= 15 is 0 Å². The zero-order valence-corrected chi connectivity index (χ0v) is 13.7. The molecule has 1 aromatic carbocycles. The summed E-state index contributed by atoms with van der Waals surface area (Å²) in [6.45, 7) is 2.27. The molecule has 4 rings (SSSR count). The van der Waals surface area contributed by atoms with Gasteiger partial charge in [0, 0.05) is 6.04 Å². The molecule has 1 aliphatic heterocycles. The van der Waals surface area contributed by atoms with Crippen molar-refractivity contribution in [2.24, 2.45) is 0 Å². The number of aryl methyl sites for hydroxylation is 1. The minimum absolute atomic E-state index is 0.138. The molecule has 2 heterocycles. The Morgan fingerprint density at radius 3 is 2.46 bits per heavy atom. The van der Waals surface area contributed by atoms with Crippen molar-refractivity contribution in [2.45, 2.75) is 45.2 Å². The summed E-state index contributed by atoms with van der Waals surface area (Å²) in [5.41, 5.74) is 3.05. The van der Waals surface area contributed by atoms with Gasteiger partial charge < -0.3 is 4.90 Å². The Labute approximate surface area is 140 Å². The molecular formula is C18H20N4O2. The van der Waals surface area contributed by atoms with Crippen LogP contribution in [0.5, 0.6) is 0 Å². The smallest absolute Gasteiger partial charge is 0.312 e. The quantitative estimate of drug-likeness (QED) is 0.814. The molecule has 0 radical (unpaired) electrons. The maximum absolute atomic E-state index is 12.7. The molecule has 3 amide bonds. The molecule has 1 saturated heterocycles. The predicted octanol–water partition coefficient (Wildman–Crippen LogP) is 2.65. The van der Waals surface area contributed by atoms with Gasteiger partial charge in [0.2, 0.25) is 0 Å². The number of carbonyl (C=O) groups is 2. The Morgan fingerprint density at radius 2 is 1.75 bits per heavy atom. The zero-order chi connectivity index (χ0) is 16.7. The first kappa shape index (κ1) is 15.1. The minimum atomic E-state index is -0.179. The van der Waals surface area contributed by atoms with E-state index in [9.17, 15) is 9.59 Å². The number of hydrogen-bond acceptors (Lipinski definition) is 4. The highest BCUT2D eigenvalue weighted by molar-refractivity contribution is 6.02. The highest BCUT2D eigenvalue weighted by atomic mass is 16.2. The SMILES string of the molecule is Cc1nc2ccccc2nc1CN1C(=O)CN(C2CCCC2)C1=O. The molecule has 24 heavy (non-hydrogen) atoms. The molecule has 0 bridgehead atoms. The summed E-state index contributed by atoms with van der Waals surface area (Å²) in [5, 5.41) is 0. The summed E-state index contributed by atoms with van der Waals surface area (Å²) < 4.78 is 0. The molecule has 1 aromatic heterocycles. The van der Waals surface area contributed by atoms with Gasteiger partial charge in [0.1, 0.15) is 6.54 Å². The highest BCUT2D eigenvalue weighted by Gasteiger charge is 2.40. The van der Waals surface area contributed by atoms with Crippen LogP contribution in [0.15, 0.2) is 24.3 Å². The van der Waals surface area contributed by atoms with E-state index in [4.69, 9.17) is 0 Å². The first-order valence-corrected chi connectivity index (χ1v) is 8.47. The van der Waals surface area contributed by atoms with Gasteiger partial charge >= 0.3 is 6.03 Å². The lowest BCUT2D eigenvalue weighted by molar-refractivity contribution is -0.125. The van der Waals surface area contributed by atoms with Crippen molar-refractivity contribution in [3.8, 4) is 0 Å². The standard InChI is InChI=1S/C18H20N4O2/c1-12-16(20-15-9-5-4-8-14(15)19-12)10-22-17(23)11-21(18(22)24)13-6-2-3-7-13/h4-5,8-9,13H,2-3,6-7,10-11H2,1H3. The third-order valence-electron chi connectivity index (χ3n) is 5.00. The van der Waals surface area contributed by atoms with Crippen LogP contribution in [0.25, 0.3) is 11.0 Å². The van der Waals surface area contributed by atoms with Gasteiger partial charge in [0.05, 0.1) is 29.0 Å². The van der Waals surface area contributed by atoms with E-state index < -0.39 is 0 Å². The summed E-state index contributed by atoms with van der Waals surface area (Å²) in [6, 6.07) is 7.67. The lowest BCUT2D eigenvalue weighted by Crippen LogP contribution is -2.38. The fourth-order valence-corrected chi connectivity index (χ4v) is 3.64. The van der Waals surface area contributed by atoms with Gasteiger partial charge in [-0.25, -0.2) is 14.8 Å². The molecule has 2 aromatic rings. The Morgan fingerprint density at radius 1 is 1.08 bits per heavy atom. The van der Waals surface area contributed by atoms with E-state index in [1.54, 1.807) is 4.90 Å². The van der Waals surface area contributed by atoms with Crippen LogP contribution in [0.3, 0.4) is 0 Å². The van der Waals surface area contributed by atoms with E-state index in [1.165, 1.54) is 4.90 Å². The molecule has 1 saturated carbocycles. The normalized spacial score (nSPS) is 19.0. The number of aromatic nitrogens is 2. The van der Waals surface area contributed by atoms with Crippen LogP contribution < -0.4 is 0 Å². The van der Waals surface area contributed by atoms with Crippen LogP contribution in [0.2, 0.25) is 0 Å². The van der Waals surface area contributed by atoms with Crippen molar-refractivity contribution in [1.29, 1.82) is 0 Å². The topological polar surface area (TPSA) is 66.4 Å². The van der Waals surface area contributed by atoms with E-state index in [0.717, 1.165) is 42.4 Å². The second kappa shape index (κ2) is 5.85. The van der Waals surface area contributed by atoms with Crippen molar-refractivity contribution in [2.75, 3.05) is 6.54 Å². The lowest BCUT2D eigenvalue weighted by Gasteiger charge is -2.23. The third-order valence-corrected chi connectivity index (χ3v) is 5.00. The Kier molecular flexibility index (Phi) is 3.67. The molecule has 0 N–H and O–H groups in total. The van der Waals surface area contributed by atoms with E-state index in [0.29, 0.717) is 5.69 Å². The first-order valence-electron chi connectivity index (χ1n) is 8.47. The molecule has 1 aliphatic carbocycles. The van der Waals surface area contributed by atoms with Crippen LogP contribution >= 0.6 is 0 Å². The number of para-hydroxylation sites is 2. The van der Waals surface area contributed by atoms with Crippen LogP contribution in [0.1, 0.15) is 37.1 Å². The number of amides is 3. The summed E-state index contributed by atoms with van der Waals surface area (Å²) in [5.74, 6) is -0.138. The highest BCUT2D eigenvalue weighted by Crippen LogP contribution is 2.27. The number of hydrogen-bond donors (Lipinski definition) is 0. The average molecular weight is 324 g/mol. The molecule has 6 nitrogen and oxygen atoms in total.